The van der Waals surface area contributed by atoms with Crippen LogP contribution in [0.3, 0.4) is 0 Å². The Bertz CT molecular complexity index is 1080. The molecule has 0 amide bonds. The van der Waals surface area contributed by atoms with Crippen LogP contribution < -0.4 is 16.0 Å². The molecule has 0 aliphatic heterocycles. The second kappa shape index (κ2) is 7.74. The van der Waals surface area contributed by atoms with Gasteiger partial charge in [0.25, 0.3) is 5.56 Å². The summed E-state index contributed by atoms with van der Waals surface area (Å²) in [5, 5.41) is 10.5. The number of aliphatic imine (C=N–C) groups is 1. The van der Waals surface area contributed by atoms with Gasteiger partial charge in [0.15, 0.2) is 0 Å². The summed E-state index contributed by atoms with van der Waals surface area (Å²) in [6, 6.07) is 13.9. The van der Waals surface area contributed by atoms with E-state index in [2.05, 4.69) is 9.98 Å². The van der Waals surface area contributed by atoms with Crippen molar-refractivity contribution in [2.75, 3.05) is 6.61 Å². The molecule has 27 heavy (non-hydrogen) atoms. The van der Waals surface area contributed by atoms with Gasteiger partial charge in [-0.15, -0.1) is 0 Å². The maximum absolute atomic E-state index is 12.2. The highest BCUT2D eigenvalue weighted by molar-refractivity contribution is 5.84. The van der Waals surface area contributed by atoms with Crippen LogP contribution in [0.5, 0.6) is 11.6 Å². The molecule has 1 heterocycles. The molecule has 7 nitrogen and oxygen atoms in total. The quantitative estimate of drug-likeness (QED) is 0.680. The summed E-state index contributed by atoms with van der Waals surface area (Å²) in [7, 11) is 0. The Balaban J connectivity index is 2.00. The molecule has 0 radical (unpaired) electrons. The number of nitrogens with zero attached hydrogens (tertiary/aromatic N) is 2. The summed E-state index contributed by atoms with van der Waals surface area (Å²) >= 11 is 0. The van der Waals surface area contributed by atoms with E-state index in [1.807, 2.05) is 13.8 Å². The minimum absolute atomic E-state index is 0.107. The monoisotopic (exact) mass is 365 g/mol. The fourth-order valence-corrected chi connectivity index (χ4v) is 2.52. The molecule has 0 fully saturated rings. The van der Waals surface area contributed by atoms with E-state index in [0.717, 1.165) is 10.1 Å². The summed E-state index contributed by atoms with van der Waals surface area (Å²) < 4.78 is 6.39. The minimum Gasteiger partial charge on any atom is -0.494 e. The maximum Gasteiger partial charge on any atom is 0.335 e. The standard InChI is InChI=1S/C20H19N3O4/c1-3-27-16-10-6-14(7-11-16)21-12-17-18(24)22-20(26)23(19(17)25)15-8-4-13(2)5-9-15/h4-12,25H,3H2,1-2H3,(H,22,24,26). The topological polar surface area (TPSA) is 96.7 Å². The smallest absolute Gasteiger partial charge is 0.335 e. The Labute approximate surface area is 155 Å². The highest BCUT2D eigenvalue weighted by atomic mass is 16.5. The van der Waals surface area contributed by atoms with Crippen LogP contribution in [0.1, 0.15) is 18.1 Å². The minimum atomic E-state index is -0.723. The zero-order valence-electron chi connectivity index (χ0n) is 15.0. The zero-order valence-corrected chi connectivity index (χ0v) is 15.0. The van der Waals surface area contributed by atoms with Crippen molar-refractivity contribution < 1.29 is 9.84 Å². The molecule has 3 aromatic rings. The van der Waals surface area contributed by atoms with E-state index in [9.17, 15) is 14.7 Å². The first-order chi connectivity index (χ1) is 13.0. The molecule has 2 aromatic carbocycles. The van der Waals surface area contributed by atoms with E-state index >= 15 is 0 Å². The Morgan fingerprint density at radius 3 is 2.41 bits per heavy atom. The average Bonchev–Trinajstić information content (AvgIpc) is 2.64. The molecule has 138 valence electrons. The van der Waals surface area contributed by atoms with Gasteiger partial charge in [-0.3, -0.25) is 14.8 Å². The molecule has 0 saturated heterocycles. The van der Waals surface area contributed by atoms with Crippen molar-refractivity contribution in [2.45, 2.75) is 13.8 Å². The average molecular weight is 365 g/mol. The lowest BCUT2D eigenvalue weighted by atomic mass is 10.2. The van der Waals surface area contributed by atoms with Crippen LogP contribution in [0.2, 0.25) is 0 Å². The van der Waals surface area contributed by atoms with Gasteiger partial charge in [-0.1, -0.05) is 17.7 Å². The second-order valence-electron chi connectivity index (χ2n) is 5.85. The molecule has 0 atom stereocenters. The summed E-state index contributed by atoms with van der Waals surface area (Å²) in [6.07, 6.45) is 1.23. The van der Waals surface area contributed by atoms with Gasteiger partial charge in [0, 0.05) is 6.21 Å². The number of hydrogen-bond donors (Lipinski definition) is 2. The highest BCUT2D eigenvalue weighted by Crippen LogP contribution is 2.19. The van der Waals surface area contributed by atoms with Crippen LogP contribution in [0.25, 0.3) is 5.69 Å². The number of ether oxygens (including phenoxy) is 1. The van der Waals surface area contributed by atoms with Crippen LogP contribution in [0.4, 0.5) is 5.69 Å². The van der Waals surface area contributed by atoms with Crippen LogP contribution >= 0.6 is 0 Å². The Kier molecular flexibility index (Phi) is 5.21. The van der Waals surface area contributed by atoms with Gasteiger partial charge in [-0.2, -0.15) is 0 Å². The number of benzene rings is 2. The molecule has 2 N–H and O–H groups in total. The Morgan fingerprint density at radius 1 is 1.11 bits per heavy atom. The number of H-pyrrole nitrogens is 1. The zero-order chi connectivity index (χ0) is 19.4. The molecular weight excluding hydrogens is 346 g/mol. The lowest BCUT2D eigenvalue weighted by molar-refractivity contribution is 0.340. The molecule has 0 unspecified atom stereocenters. The van der Waals surface area contributed by atoms with Crippen LogP contribution in [-0.2, 0) is 0 Å². The van der Waals surface area contributed by atoms with Gasteiger partial charge in [-0.05, 0) is 50.2 Å². The van der Waals surface area contributed by atoms with E-state index in [-0.39, 0.29) is 5.56 Å². The summed E-state index contributed by atoms with van der Waals surface area (Å²) in [6.45, 7) is 4.37. The van der Waals surface area contributed by atoms with Gasteiger partial charge in [0.1, 0.15) is 11.3 Å². The molecule has 7 heteroatoms. The SMILES string of the molecule is CCOc1ccc(N=Cc2c(O)n(-c3ccc(C)cc3)c(=O)[nH]c2=O)cc1. The third-order valence-corrected chi connectivity index (χ3v) is 3.90. The van der Waals surface area contributed by atoms with E-state index in [1.165, 1.54) is 6.21 Å². The van der Waals surface area contributed by atoms with E-state index in [0.29, 0.717) is 23.7 Å². The molecule has 3 rings (SSSR count). The lowest BCUT2D eigenvalue weighted by Crippen LogP contribution is -2.31. The normalized spacial score (nSPS) is 11.0. The lowest BCUT2D eigenvalue weighted by Gasteiger charge is -2.09. The van der Waals surface area contributed by atoms with Crippen molar-refractivity contribution in [3.63, 3.8) is 0 Å². The number of aryl methyl sites for hydroxylation is 1. The number of aromatic hydroxyl groups is 1. The van der Waals surface area contributed by atoms with Gasteiger partial charge in [0.05, 0.1) is 18.0 Å². The first-order valence-corrected chi connectivity index (χ1v) is 8.42. The van der Waals surface area contributed by atoms with Gasteiger partial charge in [-0.25, -0.2) is 9.36 Å². The van der Waals surface area contributed by atoms with Crippen molar-refractivity contribution in [1.82, 2.24) is 9.55 Å². The predicted molar refractivity (Wildman–Crippen MR) is 104 cm³/mol. The van der Waals surface area contributed by atoms with Crippen molar-refractivity contribution >= 4 is 11.9 Å². The number of nitrogens with one attached hydrogen (secondary N) is 1. The number of aromatic amines is 1. The van der Waals surface area contributed by atoms with Crippen molar-refractivity contribution in [3.8, 4) is 17.3 Å². The molecule has 0 bridgehead atoms. The first-order valence-electron chi connectivity index (χ1n) is 8.42. The number of hydrogen-bond acceptors (Lipinski definition) is 5. The predicted octanol–water partition coefficient (Wildman–Crippen LogP) is 2.69. The first kappa shape index (κ1) is 18.2. The van der Waals surface area contributed by atoms with Crippen molar-refractivity contribution in [3.05, 3.63) is 80.5 Å². The fraction of sp³-hybridized carbons (Fsp3) is 0.150. The molecule has 1 aromatic heterocycles. The molecule has 0 aliphatic rings. The van der Waals surface area contributed by atoms with Crippen LogP contribution in [0, 0.1) is 6.92 Å². The second-order valence-corrected chi connectivity index (χ2v) is 5.85. The molecule has 0 spiro atoms. The van der Waals surface area contributed by atoms with Crippen LogP contribution in [0.15, 0.2) is 63.1 Å². The van der Waals surface area contributed by atoms with Gasteiger partial charge in [0.2, 0.25) is 5.88 Å². The number of rotatable bonds is 5. The number of aromatic nitrogens is 2. The third-order valence-electron chi connectivity index (χ3n) is 3.90. The summed E-state index contributed by atoms with van der Waals surface area (Å²) in [5.41, 5.74) is 0.479. The van der Waals surface area contributed by atoms with Gasteiger partial charge >= 0.3 is 5.69 Å². The Hall–Kier alpha value is -3.61. The molecule has 0 saturated carbocycles. The Morgan fingerprint density at radius 2 is 1.78 bits per heavy atom. The molecule has 0 aliphatic carbocycles. The van der Waals surface area contributed by atoms with Gasteiger partial charge < -0.3 is 9.84 Å². The van der Waals surface area contributed by atoms with E-state index < -0.39 is 17.1 Å². The van der Waals surface area contributed by atoms with E-state index in [1.54, 1.807) is 48.5 Å². The summed E-state index contributed by atoms with van der Waals surface area (Å²) in [4.78, 5) is 30.7. The fourth-order valence-electron chi connectivity index (χ4n) is 2.52. The van der Waals surface area contributed by atoms with Crippen LogP contribution in [-0.4, -0.2) is 27.5 Å². The third kappa shape index (κ3) is 3.98. The maximum atomic E-state index is 12.2. The highest BCUT2D eigenvalue weighted by Gasteiger charge is 2.14. The van der Waals surface area contributed by atoms with Crippen molar-refractivity contribution in [2.24, 2.45) is 4.99 Å². The van der Waals surface area contributed by atoms with Crippen molar-refractivity contribution in [1.29, 1.82) is 0 Å². The van der Waals surface area contributed by atoms with E-state index in [4.69, 9.17) is 4.74 Å². The summed E-state index contributed by atoms with van der Waals surface area (Å²) in [5.74, 6) is 0.243. The molecular formula is C20H19N3O4. The largest absolute Gasteiger partial charge is 0.494 e.